The smallest absolute Gasteiger partial charge is 0.408 e. The van der Waals surface area contributed by atoms with Crippen molar-refractivity contribution in [1.82, 2.24) is 5.32 Å². The molecule has 0 rings (SSSR count). The number of carbonyl (C=O) groups excluding carboxylic acids is 2. The molecule has 5 heteroatoms. The largest absolute Gasteiger partial charge is 0.444 e. The van der Waals surface area contributed by atoms with E-state index < -0.39 is 23.8 Å². The van der Waals surface area contributed by atoms with Crippen molar-refractivity contribution in [2.75, 3.05) is 0 Å². The lowest BCUT2D eigenvalue weighted by molar-refractivity contribution is 0.0448. The fourth-order valence-corrected chi connectivity index (χ4v) is 1.26. The van der Waals surface area contributed by atoms with Crippen LogP contribution in [0.5, 0.6) is 0 Å². The maximum Gasteiger partial charge on any atom is 0.408 e. The van der Waals surface area contributed by atoms with E-state index in [2.05, 4.69) is 5.32 Å². The summed E-state index contributed by atoms with van der Waals surface area (Å²) >= 11 is 0. The van der Waals surface area contributed by atoms with Gasteiger partial charge in [0.15, 0.2) is 0 Å². The first-order valence-corrected chi connectivity index (χ1v) is 5.71. The Morgan fingerprint density at radius 1 is 1.41 bits per heavy atom. The summed E-state index contributed by atoms with van der Waals surface area (Å²) in [6.45, 7) is 8.99. The Kier molecular flexibility index (Phi) is 6.16. The standard InChI is InChI=1S/C12H22NO4/c1-8(2)6-10(15)9(7-14)13-11(16)17-12(3,4)5/h8-10,15H,6H2,1-5H3,(H,13,16)/t9-,10?/m1/s1. The number of nitrogens with one attached hydrogen (secondary N) is 1. The zero-order valence-electron chi connectivity index (χ0n) is 11.1. The molecule has 1 unspecified atom stereocenters. The van der Waals surface area contributed by atoms with Crippen LogP contribution < -0.4 is 5.32 Å². The Balaban J connectivity index is 4.30. The molecule has 1 radical (unpaired) electrons. The minimum absolute atomic E-state index is 0.223. The third kappa shape index (κ3) is 7.74. The second kappa shape index (κ2) is 6.59. The lowest BCUT2D eigenvalue weighted by Gasteiger charge is -2.23. The number of rotatable bonds is 5. The van der Waals surface area contributed by atoms with Crippen molar-refractivity contribution in [3.05, 3.63) is 0 Å². The predicted octanol–water partition coefficient (Wildman–Crippen LogP) is 1.40. The summed E-state index contributed by atoms with van der Waals surface area (Å²) < 4.78 is 4.99. The second-order valence-electron chi connectivity index (χ2n) is 5.44. The molecule has 0 aromatic rings. The van der Waals surface area contributed by atoms with Crippen LogP contribution in [0.2, 0.25) is 0 Å². The Bertz CT molecular complexity index is 258. The number of alkyl carbamates (subject to hydrolysis) is 1. The van der Waals surface area contributed by atoms with Crippen LogP contribution >= 0.6 is 0 Å². The summed E-state index contributed by atoms with van der Waals surface area (Å²) in [4.78, 5) is 22.1. The Labute approximate surface area is 103 Å². The molecule has 0 aliphatic heterocycles. The van der Waals surface area contributed by atoms with E-state index in [0.29, 0.717) is 6.42 Å². The lowest BCUT2D eigenvalue weighted by Crippen LogP contribution is -2.46. The van der Waals surface area contributed by atoms with E-state index in [4.69, 9.17) is 4.74 Å². The number of aliphatic hydroxyl groups is 1. The highest BCUT2D eigenvalue weighted by Gasteiger charge is 2.25. The monoisotopic (exact) mass is 244 g/mol. The van der Waals surface area contributed by atoms with Gasteiger partial charge in [0, 0.05) is 0 Å². The molecule has 5 nitrogen and oxygen atoms in total. The summed E-state index contributed by atoms with van der Waals surface area (Å²) in [5.41, 5.74) is -0.638. The Hall–Kier alpha value is -1.10. The molecule has 1 amide bonds. The fraction of sp³-hybridized carbons (Fsp3) is 0.833. The average molecular weight is 244 g/mol. The average Bonchev–Trinajstić information content (AvgIpc) is 2.09. The predicted molar refractivity (Wildman–Crippen MR) is 64.3 cm³/mol. The summed E-state index contributed by atoms with van der Waals surface area (Å²) in [7, 11) is 0. The number of hydrogen-bond donors (Lipinski definition) is 2. The molecule has 99 valence electrons. The van der Waals surface area contributed by atoms with Gasteiger partial charge in [-0.2, -0.15) is 0 Å². The van der Waals surface area contributed by atoms with Crippen molar-refractivity contribution >= 4 is 12.4 Å². The molecule has 0 heterocycles. The maximum absolute atomic E-state index is 11.4. The Morgan fingerprint density at radius 3 is 2.29 bits per heavy atom. The number of ether oxygens (including phenoxy) is 1. The van der Waals surface area contributed by atoms with Crippen LogP contribution in [-0.2, 0) is 9.53 Å². The zero-order chi connectivity index (χ0) is 13.6. The Morgan fingerprint density at radius 2 is 1.94 bits per heavy atom. The van der Waals surface area contributed by atoms with Gasteiger partial charge >= 0.3 is 6.09 Å². The number of aliphatic hydroxyl groups excluding tert-OH is 1. The minimum atomic E-state index is -1.05. The van der Waals surface area contributed by atoms with Gasteiger partial charge in [-0.25, -0.2) is 4.79 Å². The van der Waals surface area contributed by atoms with Gasteiger partial charge in [-0.3, -0.25) is 4.79 Å². The highest BCUT2D eigenvalue weighted by atomic mass is 16.6. The van der Waals surface area contributed by atoms with Crippen molar-refractivity contribution in [1.29, 1.82) is 0 Å². The fourth-order valence-electron chi connectivity index (χ4n) is 1.26. The first-order valence-electron chi connectivity index (χ1n) is 5.71. The van der Waals surface area contributed by atoms with Crippen molar-refractivity contribution in [3.63, 3.8) is 0 Å². The summed E-state index contributed by atoms with van der Waals surface area (Å²) in [6.07, 6.45) is 0.352. The molecule has 0 bridgehead atoms. The van der Waals surface area contributed by atoms with Crippen molar-refractivity contribution in [3.8, 4) is 0 Å². The maximum atomic E-state index is 11.4. The first-order chi connectivity index (χ1) is 7.65. The van der Waals surface area contributed by atoms with E-state index in [-0.39, 0.29) is 5.92 Å². The van der Waals surface area contributed by atoms with E-state index >= 15 is 0 Å². The van der Waals surface area contributed by atoms with Crippen LogP contribution in [-0.4, -0.2) is 35.2 Å². The second-order valence-corrected chi connectivity index (χ2v) is 5.44. The zero-order valence-corrected chi connectivity index (χ0v) is 11.1. The highest BCUT2D eigenvalue weighted by molar-refractivity contribution is 5.74. The molecule has 0 fully saturated rings. The van der Waals surface area contributed by atoms with E-state index in [1.54, 1.807) is 27.1 Å². The molecule has 0 saturated heterocycles. The van der Waals surface area contributed by atoms with Gasteiger partial charge in [0.05, 0.1) is 6.10 Å². The van der Waals surface area contributed by atoms with Gasteiger partial charge in [0.25, 0.3) is 0 Å². The van der Waals surface area contributed by atoms with Gasteiger partial charge in [-0.05, 0) is 33.1 Å². The molecule has 0 aromatic carbocycles. The molecule has 17 heavy (non-hydrogen) atoms. The molecule has 2 atom stereocenters. The van der Waals surface area contributed by atoms with Crippen LogP contribution in [0.3, 0.4) is 0 Å². The number of carbonyl (C=O) groups is 1. The number of hydrogen-bond acceptors (Lipinski definition) is 4. The lowest BCUT2D eigenvalue weighted by atomic mass is 10.0. The van der Waals surface area contributed by atoms with E-state index in [1.165, 1.54) is 0 Å². The molecule has 2 N–H and O–H groups in total. The SMILES string of the molecule is CC(C)CC(O)[C@@H]([C]=O)NC(=O)OC(C)(C)C. The van der Waals surface area contributed by atoms with Crippen LogP contribution in [0.1, 0.15) is 41.0 Å². The number of amides is 1. The summed E-state index contributed by atoms with van der Waals surface area (Å²) in [6, 6.07) is -1.05. The van der Waals surface area contributed by atoms with Crippen molar-refractivity contribution in [2.24, 2.45) is 5.92 Å². The van der Waals surface area contributed by atoms with Crippen molar-refractivity contribution < 1.29 is 19.4 Å². The highest BCUT2D eigenvalue weighted by Crippen LogP contribution is 2.09. The molecule has 0 aromatic heterocycles. The van der Waals surface area contributed by atoms with Gasteiger partial charge in [-0.15, -0.1) is 0 Å². The molecular formula is C12H22NO4. The third-order valence-corrected chi connectivity index (χ3v) is 1.90. The van der Waals surface area contributed by atoms with Crippen molar-refractivity contribution in [2.45, 2.75) is 58.8 Å². The van der Waals surface area contributed by atoms with E-state index in [1.807, 2.05) is 13.8 Å². The third-order valence-electron chi connectivity index (χ3n) is 1.90. The normalized spacial score (nSPS) is 15.2. The van der Waals surface area contributed by atoms with Crippen LogP contribution in [0.25, 0.3) is 0 Å². The van der Waals surface area contributed by atoms with Gasteiger partial charge in [0.1, 0.15) is 11.6 Å². The minimum Gasteiger partial charge on any atom is -0.444 e. The summed E-state index contributed by atoms with van der Waals surface area (Å²) in [5.74, 6) is 0.223. The molecule has 0 spiro atoms. The summed E-state index contributed by atoms with van der Waals surface area (Å²) in [5, 5.41) is 12.0. The molecule has 0 aliphatic rings. The van der Waals surface area contributed by atoms with E-state index in [9.17, 15) is 14.7 Å². The van der Waals surface area contributed by atoms with Gasteiger partial charge < -0.3 is 15.2 Å². The molecule has 0 saturated carbocycles. The van der Waals surface area contributed by atoms with Gasteiger partial charge in [-0.1, -0.05) is 13.8 Å². The quantitative estimate of drug-likeness (QED) is 0.766. The van der Waals surface area contributed by atoms with Crippen LogP contribution in [0.4, 0.5) is 4.79 Å². The van der Waals surface area contributed by atoms with Crippen LogP contribution in [0, 0.1) is 5.92 Å². The van der Waals surface area contributed by atoms with E-state index in [0.717, 1.165) is 0 Å². The van der Waals surface area contributed by atoms with Gasteiger partial charge in [0.2, 0.25) is 6.29 Å². The molecule has 0 aliphatic carbocycles. The topological polar surface area (TPSA) is 75.6 Å². The molecular weight excluding hydrogens is 222 g/mol. The van der Waals surface area contributed by atoms with Crippen LogP contribution in [0.15, 0.2) is 0 Å². The first kappa shape index (κ1) is 15.9.